The molecular weight excluding hydrogens is 424 g/mol. The van der Waals surface area contributed by atoms with E-state index in [0.29, 0.717) is 10.6 Å². The van der Waals surface area contributed by atoms with E-state index in [1.165, 1.54) is 6.42 Å². The van der Waals surface area contributed by atoms with Gasteiger partial charge in [0.05, 0.1) is 15.9 Å². The van der Waals surface area contributed by atoms with Gasteiger partial charge in [-0.2, -0.15) is 10.1 Å². The zero-order valence-electron chi connectivity index (χ0n) is 17.8. The van der Waals surface area contributed by atoms with E-state index >= 15 is 0 Å². The lowest BCUT2D eigenvalue weighted by Crippen LogP contribution is -2.62. The Morgan fingerprint density at radius 1 is 1.12 bits per heavy atom. The standard InChI is InChI=1S/C23H23ClN8/c1-30-13-16-17(29-30)3-2-14(19(16)24)15-12-26-20-18(15)21-25-8-11-32(21)22(28-20)31-9-5-23(6-10-31)4-7-27-23/h2-3,8,11-13,26-27H,4-7,9-10H2,1H3. The van der Waals surface area contributed by atoms with Gasteiger partial charge in [0.15, 0.2) is 5.65 Å². The first kappa shape index (κ1) is 18.5. The fraction of sp³-hybridized carbons (Fsp3) is 0.348. The SMILES string of the molecule is Cn1cc2c(Cl)c(-c3c[nH]c4nc(N5CCC6(CCN6)CC5)n5ccnc5c34)ccc2n1. The van der Waals surface area contributed by atoms with Gasteiger partial charge >= 0.3 is 0 Å². The van der Waals surface area contributed by atoms with Crippen molar-refractivity contribution in [1.82, 2.24) is 34.4 Å². The number of halogens is 1. The summed E-state index contributed by atoms with van der Waals surface area (Å²) in [4.78, 5) is 15.5. The highest BCUT2D eigenvalue weighted by molar-refractivity contribution is 6.38. The summed E-state index contributed by atoms with van der Waals surface area (Å²) in [7, 11) is 1.91. The van der Waals surface area contributed by atoms with Crippen LogP contribution in [-0.2, 0) is 7.05 Å². The Morgan fingerprint density at radius 3 is 2.75 bits per heavy atom. The Balaban J connectivity index is 1.37. The summed E-state index contributed by atoms with van der Waals surface area (Å²) in [5.41, 5.74) is 4.92. The van der Waals surface area contributed by atoms with E-state index in [1.54, 1.807) is 4.68 Å². The van der Waals surface area contributed by atoms with Crippen molar-refractivity contribution >= 4 is 45.1 Å². The van der Waals surface area contributed by atoms with Gasteiger partial charge in [0.2, 0.25) is 5.95 Å². The molecule has 2 N–H and O–H groups in total. The monoisotopic (exact) mass is 446 g/mol. The Hall–Kier alpha value is -3.10. The van der Waals surface area contributed by atoms with Crippen molar-refractivity contribution in [1.29, 1.82) is 0 Å². The lowest BCUT2D eigenvalue weighted by Gasteiger charge is -2.49. The number of benzene rings is 1. The van der Waals surface area contributed by atoms with E-state index in [1.807, 2.05) is 44.0 Å². The van der Waals surface area contributed by atoms with Crippen molar-refractivity contribution < 1.29 is 0 Å². The third kappa shape index (κ3) is 2.50. The Morgan fingerprint density at radius 2 is 1.97 bits per heavy atom. The molecule has 1 aromatic carbocycles. The van der Waals surface area contributed by atoms with Crippen LogP contribution in [0.1, 0.15) is 19.3 Å². The molecule has 4 aromatic heterocycles. The highest BCUT2D eigenvalue weighted by Gasteiger charge is 2.39. The highest BCUT2D eigenvalue weighted by atomic mass is 35.5. The van der Waals surface area contributed by atoms with Crippen molar-refractivity contribution in [3.8, 4) is 11.1 Å². The minimum absolute atomic E-state index is 0.357. The maximum atomic E-state index is 6.84. The van der Waals surface area contributed by atoms with Crippen molar-refractivity contribution in [3.63, 3.8) is 0 Å². The van der Waals surface area contributed by atoms with Crippen LogP contribution < -0.4 is 10.2 Å². The molecule has 0 atom stereocenters. The molecule has 2 fully saturated rings. The molecule has 8 nitrogen and oxygen atoms in total. The Labute approximate surface area is 189 Å². The van der Waals surface area contributed by atoms with E-state index in [2.05, 4.69) is 24.7 Å². The van der Waals surface area contributed by atoms with Crippen LogP contribution in [0.3, 0.4) is 0 Å². The van der Waals surface area contributed by atoms with Gasteiger partial charge in [0.1, 0.15) is 5.65 Å². The quantitative estimate of drug-likeness (QED) is 0.431. The zero-order valence-corrected chi connectivity index (χ0v) is 18.5. The number of hydrogen-bond acceptors (Lipinski definition) is 5. The molecular formula is C23H23ClN8. The van der Waals surface area contributed by atoms with Gasteiger partial charge < -0.3 is 15.2 Å². The summed E-state index contributed by atoms with van der Waals surface area (Å²) in [5.74, 6) is 0.946. The molecule has 0 saturated carbocycles. The summed E-state index contributed by atoms with van der Waals surface area (Å²) in [5, 5.41) is 10.7. The van der Waals surface area contributed by atoms with E-state index in [9.17, 15) is 0 Å². The smallest absolute Gasteiger partial charge is 0.213 e. The van der Waals surface area contributed by atoms with E-state index in [0.717, 1.165) is 77.1 Å². The summed E-state index contributed by atoms with van der Waals surface area (Å²) < 4.78 is 3.90. The first-order valence-electron chi connectivity index (χ1n) is 11.1. The number of H-pyrrole nitrogens is 1. The first-order chi connectivity index (χ1) is 15.6. The van der Waals surface area contributed by atoms with Crippen molar-refractivity contribution in [2.45, 2.75) is 24.8 Å². The van der Waals surface area contributed by atoms with Gasteiger partial charge in [0.25, 0.3) is 0 Å². The van der Waals surface area contributed by atoms with Gasteiger partial charge in [-0.3, -0.25) is 9.08 Å². The molecule has 0 radical (unpaired) electrons. The molecule has 6 heterocycles. The van der Waals surface area contributed by atoms with Gasteiger partial charge in [-0.05, 0) is 31.9 Å². The molecule has 0 aliphatic carbocycles. The van der Waals surface area contributed by atoms with E-state index < -0.39 is 0 Å². The molecule has 5 aromatic rings. The number of fused-ring (bicyclic) bond motifs is 4. The van der Waals surface area contributed by atoms with E-state index in [-0.39, 0.29) is 0 Å². The number of hydrogen-bond donors (Lipinski definition) is 2. The molecule has 0 unspecified atom stereocenters. The third-order valence-corrected chi connectivity index (χ3v) is 7.69. The van der Waals surface area contributed by atoms with Gasteiger partial charge in [-0.1, -0.05) is 17.7 Å². The average Bonchev–Trinajstić information content (AvgIpc) is 3.50. The number of aryl methyl sites for hydroxylation is 1. The maximum Gasteiger partial charge on any atom is 0.213 e. The van der Waals surface area contributed by atoms with Crippen LogP contribution in [0, 0.1) is 0 Å². The average molecular weight is 447 g/mol. The Kier molecular flexibility index (Phi) is 3.73. The van der Waals surface area contributed by atoms with Gasteiger partial charge in [-0.15, -0.1) is 0 Å². The normalized spacial score (nSPS) is 18.2. The molecule has 2 aliphatic rings. The van der Waals surface area contributed by atoms with Crippen molar-refractivity contribution in [3.05, 3.63) is 41.9 Å². The van der Waals surface area contributed by atoms with Crippen LogP contribution in [0.15, 0.2) is 36.9 Å². The zero-order chi connectivity index (χ0) is 21.4. The molecule has 162 valence electrons. The van der Waals surface area contributed by atoms with Crippen molar-refractivity contribution in [2.75, 3.05) is 24.5 Å². The van der Waals surface area contributed by atoms with Crippen LogP contribution >= 0.6 is 11.6 Å². The number of aromatic nitrogens is 6. The summed E-state index contributed by atoms with van der Waals surface area (Å²) in [6.07, 6.45) is 11.4. The van der Waals surface area contributed by atoms with Crippen LogP contribution in [0.4, 0.5) is 5.95 Å². The molecule has 7 rings (SSSR count). The predicted molar refractivity (Wildman–Crippen MR) is 126 cm³/mol. The second-order valence-corrected chi connectivity index (χ2v) is 9.44. The van der Waals surface area contributed by atoms with Crippen LogP contribution in [0.2, 0.25) is 5.02 Å². The number of rotatable bonds is 2. The number of anilines is 1. The number of imidazole rings is 1. The lowest BCUT2D eigenvalue weighted by molar-refractivity contribution is 0.163. The molecule has 32 heavy (non-hydrogen) atoms. The summed E-state index contributed by atoms with van der Waals surface area (Å²) in [6.45, 7) is 3.14. The lowest BCUT2D eigenvalue weighted by atomic mass is 9.79. The fourth-order valence-corrected chi connectivity index (χ4v) is 5.70. The molecule has 9 heteroatoms. The van der Waals surface area contributed by atoms with Crippen molar-refractivity contribution in [2.24, 2.45) is 7.05 Å². The Bertz CT molecular complexity index is 1500. The van der Waals surface area contributed by atoms with E-state index in [4.69, 9.17) is 21.6 Å². The molecule has 1 spiro atoms. The fourth-order valence-electron chi connectivity index (χ4n) is 5.39. The summed E-state index contributed by atoms with van der Waals surface area (Å²) >= 11 is 6.84. The number of nitrogens with one attached hydrogen (secondary N) is 2. The number of piperidine rings is 1. The van der Waals surface area contributed by atoms with Gasteiger partial charge in [-0.25, -0.2) is 4.98 Å². The van der Waals surface area contributed by atoms with Crippen LogP contribution in [0.25, 0.3) is 38.7 Å². The second-order valence-electron chi connectivity index (χ2n) is 9.07. The van der Waals surface area contributed by atoms with Crippen LogP contribution in [-0.4, -0.2) is 54.3 Å². The number of aromatic amines is 1. The second kappa shape index (κ2) is 6.46. The van der Waals surface area contributed by atoms with Gasteiger partial charge in [0, 0.05) is 67.0 Å². The minimum atomic E-state index is 0.357. The predicted octanol–water partition coefficient (Wildman–Crippen LogP) is 3.75. The summed E-state index contributed by atoms with van der Waals surface area (Å²) in [6, 6.07) is 4.04. The minimum Gasteiger partial charge on any atom is -0.345 e. The molecule has 0 amide bonds. The third-order valence-electron chi connectivity index (χ3n) is 7.29. The molecule has 2 aliphatic heterocycles. The molecule has 0 bridgehead atoms. The topological polar surface area (TPSA) is 79.1 Å². The first-order valence-corrected chi connectivity index (χ1v) is 11.5. The largest absolute Gasteiger partial charge is 0.345 e. The highest BCUT2D eigenvalue weighted by Crippen LogP contribution is 2.40. The van der Waals surface area contributed by atoms with Crippen LogP contribution in [0.5, 0.6) is 0 Å². The number of nitrogens with zero attached hydrogens (tertiary/aromatic N) is 6. The molecule has 2 saturated heterocycles. The maximum absolute atomic E-state index is 6.84.